The van der Waals surface area contributed by atoms with E-state index >= 15 is 0 Å². The van der Waals surface area contributed by atoms with Gasteiger partial charge in [-0.1, -0.05) is 110 Å². The summed E-state index contributed by atoms with van der Waals surface area (Å²) >= 11 is 0. The molecule has 6 heterocycles. The van der Waals surface area contributed by atoms with Gasteiger partial charge in [0.1, 0.15) is 47.5 Å². The molecule has 11 amide bonds. The van der Waals surface area contributed by atoms with Gasteiger partial charge in [0.25, 0.3) is 23.6 Å². The average Bonchev–Trinajstić information content (AvgIpc) is 0.825. The molecule has 0 bridgehead atoms. The fourth-order valence-corrected chi connectivity index (χ4v) is 13.4. The molecule has 33 heteroatoms. The summed E-state index contributed by atoms with van der Waals surface area (Å²) in [4.78, 5) is 172. The number of phenolic OH excluding ortho intramolecular Hbond substituents is 3. The molecule has 3 aromatic heterocycles. The first kappa shape index (κ1) is 90.2. The number of rotatable bonds is 15. The largest absolute Gasteiger partial charge is 0.507 e. The van der Waals surface area contributed by atoms with Gasteiger partial charge in [-0.05, 0) is 136 Å². The van der Waals surface area contributed by atoms with Crippen molar-refractivity contribution in [1.29, 1.82) is 0 Å². The zero-order valence-corrected chi connectivity index (χ0v) is 66.4. The summed E-state index contributed by atoms with van der Waals surface area (Å²) in [5, 5.41) is 91.0. The lowest BCUT2D eigenvalue weighted by Crippen LogP contribution is -2.64. The van der Waals surface area contributed by atoms with Gasteiger partial charge in [0, 0.05) is 44.2 Å². The van der Waals surface area contributed by atoms with E-state index in [4.69, 9.17) is 4.74 Å². The van der Waals surface area contributed by atoms with Crippen molar-refractivity contribution >= 4 is 70.9 Å². The molecule has 3 aromatic carbocycles. The number of nitrogens with zero attached hydrogens (tertiary/aromatic N) is 4. The van der Waals surface area contributed by atoms with Crippen molar-refractivity contribution in [3.63, 3.8) is 0 Å². The number of carbonyl (C=O) groups excluding carboxylic acids is 12. The standard InChI is InChI=1S/C28H37N5O6.C27H35N5O6.C27H34N4O7/c1-15(2)23-27(38)30-17(4)22(32-25(36)19-10-6-7-11-21(19)34)26(37)31-20(13-18-9-8-12-29-14-18)24(35)16(3)28(39)33(23)5;1-14(2)21-26(37)29-16(4)22(32-25(36)18-9-5-6-10-20(18)33)27(38)30-19(12-17-8-7-11-28-13-17)23(34)15(3)24(35)31-21;1-14(2)23-26(36)29-16(4)21(31-24(34)18-9-5-6-10-20(18)32)25(35)30-19(12-17-8-7-11-28-13-17)22(33)15(3)27(37)38-23/h6-12,14-17,20,22-24,34-35H,13H2,1-5H3,(H,30,38)(H,31,37)(H,32,36);5-11,13-16,19,21-23,33-34H,12H2,1-4H3,(H,29,37)(H,30,38)(H,31,35)(H,32,36);5-11,13-16,19,21-23,32-33H,12H2,1-4H3,(H,29,36)(H,30,35)(H,31,34)/t16-,17-,20+,22+,23?,24+;15-,16-,19+,21?,22+,23+;15-,16-,19+,21+,22+,23?/m111/s1. The van der Waals surface area contributed by atoms with Gasteiger partial charge >= 0.3 is 5.97 Å². The number of nitrogens with one attached hydrogen (secondary N) is 10. The molecule has 3 fully saturated rings. The molecular weight excluding hydrogens is 1480 g/mol. The monoisotopic (exact) mass is 1590 g/mol. The van der Waals surface area contributed by atoms with E-state index < -0.39 is 185 Å². The number of aliphatic hydroxyl groups excluding tert-OH is 3. The molecule has 33 nitrogen and oxygen atoms in total. The van der Waals surface area contributed by atoms with E-state index in [1.165, 1.54) is 69.1 Å². The Morgan fingerprint density at radius 2 is 0.748 bits per heavy atom. The van der Waals surface area contributed by atoms with Crippen LogP contribution in [0.15, 0.2) is 146 Å². The van der Waals surface area contributed by atoms with Crippen LogP contribution in [0.1, 0.15) is 131 Å². The van der Waals surface area contributed by atoms with Crippen LogP contribution in [0.5, 0.6) is 17.2 Å². The van der Waals surface area contributed by atoms with Crippen molar-refractivity contribution in [3.05, 3.63) is 180 Å². The van der Waals surface area contributed by atoms with Crippen molar-refractivity contribution in [3.8, 4) is 17.2 Å². The molecule has 0 radical (unpaired) electrons. The number of amides is 11. The van der Waals surface area contributed by atoms with Crippen LogP contribution in [0.3, 0.4) is 0 Å². The van der Waals surface area contributed by atoms with E-state index in [1.54, 1.807) is 172 Å². The van der Waals surface area contributed by atoms with Gasteiger partial charge in [0.2, 0.25) is 41.4 Å². The normalized spacial score (nSPS) is 26.8. The molecule has 0 spiro atoms. The molecule has 6 aromatic rings. The van der Waals surface area contributed by atoms with Crippen molar-refractivity contribution in [2.75, 3.05) is 7.05 Å². The second-order valence-electron chi connectivity index (χ2n) is 30.1. The summed E-state index contributed by atoms with van der Waals surface area (Å²) in [5.41, 5.74) is 1.99. The zero-order chi connectivity index (χ0) is 84.8. The van der Waals surface area contributed by atoms with E-state index in [0.717, 1.165) is 5.56 Å². The fraction of sp³-hybridized carbons (Fsp3) is 0.451. The quantitative estimate of drug-likeness (QED) is 0.0649. The van der Waals surface area contributed by atoms with Crippen LogP contribution in [0.25, 0.3) is 0 Å². The van der Waals surface area contributed by atoms with E-state index in [9.17, 15) is 88.2 Å². The van der Waals surface area contributed by atoms with Crippen molar-refractivity contribution in [2.24, 2.45) is 35.5 Å². The summed E-state index contributed by atoms with van der Waals surface area (Å²) < 4.78 is 5.50. The van der Waals surface area contributed by atoms with Crippen LogP contribution in [0, 0.1) is 35.5 Å². The third-order valence-electron chi connectivity index (χ3n) is 20.2. The second kappa shape index (κ2) is 41.7. The highest BCUT2D eigenvalue weighted by Gasteiger charge is 2.45. The molecule has 0 saturated carbocycles. The van der Waals surface area contributed by atoms with E-state index in [-0.39, 0.29) is 65.0 Å². The smallest absolute Gasteiger partial charge is 0.312 e. The summed E-state index contributed by atoms with van der Waals surface area (Å²) in [5.74, 6) is -12.5. The molecule has 16 N–H and O–H groups in total. The number of para-hydroxylation sites is 3. The van der Waals surface area contributed by atoms with Gasteiger partial charge in [0.05, 0.1) is 89.0 Å². The minimum absolute atomic E-state index is 0.0408. The number of cyclic esters (lactones) is 1. The van der Waals surface area contributed by atoms with Crippen molar-refractivity contribution < 1.29 is 92.9 Å². The lowest BCUT2D eigenvalue weighted by Gasteiger charge is -2.38. The molecule has 3 aliphatic rings. The highest BCUT2D eigenvalue weighted by atomic mass is 16.6. The number of likely N-dealkylation sites (N-methyl/N-ethyl adjacent to an activating group) is 1. The maximum absolute atomic E-state index is 13.7. The lowest BCUT2D eigenvalue weighted by molar-refractivity contribution is -0.166. The minimum Gasteiger partial charge on any atom is -0.507 e. The number of aliphatic hydroxyl groups is 3. The lowest BCUT2D eigenvalue weighted by atomic mass is 9.90. The van der Waals surface area contributed by atoms with Crippen LogP contribution in [-0.4, -0.2) is 219 Å². The minimum atomic E-state index is -1.38. The summed E-state index contributed by atoms with van der Waals surface area (Å²) in [6.45, 7) is 19.7. The molecular formula is C82H106N14O19. The van der Waals surface area contributed by atoms with Crippen molar-refractivity contribution in [1.82, 2.24) is 73.0 Å². The van der Waals surface area contributed by atoms with Crippen molar-refractivity contribution in [2.45, 2.75) is 193 Å². The molecule has 618 valence electrons. The van der Waals surface area contributed by atoms with Crippen LogP contribution in [0.2, 0.25) is 0 Å². The Labute approximate surface area is 666 Å². The number of hydrogen-bond donors (Lipinski definition) is 16. The number of esters is 1. The van der Waals surface area contributed by atoms with Crippen LogP contribution in [-0.2, 0) is 67.2 Å². The molecule has 9 rings (SSSR count). The van der Waals surface area contributed by atoms with Gasteiger partial charge in [-0.15, -0.1) is 0 Å². The molecule has 3 saturated heterocycles. The Balaban J connectivity index is 0.000000239. The van der Waals surface area contributed by atoms with Crippen LogP contribution >= 0.6 is 0 Å². The average molecular weight is 1590 g/mol. The van der Waals surface area contributed by atoms with Gasteiger partial charge in [0.15, 0.2) is 6.10 Å². The number of carbonyl (C=O) groups is 12. The third kappa shape index (κ3) is 24.3. The first-order chi connectivity index (χ1) is 54.4. The number of aromatic hydroxyl groups is 3. The zero-order valence-electron chi connectivity index (χ0n) is 66.4. The maximum Gasteiger partial charge on any atom is 0.312 e. The Morgan fingerprint density at radius 3 is 1.08 bits per heavy atom. The Bertz CT molecular complexity index is 4190. The molecule has 3 unspecified atom stereocenters. The molecule has 3 aliphatic heterocycles. The fourth-order valence-electron chi connectivity index (χ4n) is 13.4. The van der Waals surface area contributed by atoms with E-state index in [1.807, 2.05) is 0 Å². The van der Waals surface area contributed by atoms with Crippen LogP contribution < -0.4 is 53.2 Å². The summed E-state index contributed by atoms with van der Waals surface area (Å²) in [6.07, 6.45) is 4.79. The van der Waals surface area contributed by atoms with Gasteiger partial charge in [-0.25, -0.2) is 0 Å². The first-order valence-corrected chi connectivity index (χ1v) is 38.0. The predicted molar refractivity (Wildman–Crippen MR) is 419 cm³/mol. The maximum atomic E-state index is 13.7. The van der Waals surface area contributed by atoms with Gasteiger partial charge < -0.3 is 93.4 Å². The Hall–Kier alpha value is -12.0. The number of ether oxygens (including phenoxy) is 1. The van der Waals surface area contributed by atoms with Gasteiger partial charge in [-0.3, -0.25) is 72.5 Å². The second-order valence-corrected chi connectivity index (χ2v) is 30.1. The first-order valence-electron chi connectivity index (χ1n) is 38.0. The highest BCUT2D eigenvalue weighted by molar-refractivity contribution is 6.02. The number of benzene rings is 3. The Kier molecular flexibility index (Phi) is 32.7. The number of hydrogen-bond acceptors (Lipinski definition) is 22. The molecule has 18 atom stereocenters. The third-order valence-corrected chi connectivity index (χ3v) is 20.2. The highest BCUT2D eigenvalue weighted by Crippen LogP contribution is 2.26. The number of phenols is 3. The number of aromatic nitrogens is 3. The van der Waals surface area contributed by atoms with E-state index in [0.29, 0.717) is 11.1 Å². The van der Waals surface area contributed by atoms with Crippen LogP contribution in [0.4, 0.5) is 0 Å². The summed E-state index contributed by atoms with van der Waals surface area (Å²) in [7, 11) is 1.51. The predicted octanol–water partition coefficient (Wildman–Crippen LogP) is 1.58. The van der Waals surface area contributed by atoms with E-state index in [2.05, 4.69) is 68.1 Å². The molecule has 0 aliphatic carbocycles. The Morgan fingerprint density at radius 1 is 0.409 bits per heavy atom. The number of pyridine rings is 3. The van der Waals surface area contributed by atoms with Gasteiger partial charge in [-0.2, -0.15) is 0 Å². The SMILES string of the molecule is CC(C)C1C(=O)N[C@H](C)[C@H](NC(=O)c2ccccc2O)C(=O)N[C@@H](Cc2cccnc2)[C@@H](O)[C@@H](C)C(=O)N1C.CC(C)C1NC(=O)[C@H](C)[C@H](O)[C@H](Cc2cccnc2)NC(=O)[C@@H](NC(=O)c2ccccc2O)[C@@H](C)NC1=O.CC(C)C1OC(=O)[C@H](C)[C@H](O)[C@H](Cc2cccnc2)NC(=O)[C@@H](NC(=O)c2ccccc2O)[C@@H](C)NC1=O. The topological polar surface area (TPSA) is 498 Å². The summed E-state index contributed by atoms with van der Waals surface area (Å²) in [6, 6.07) is 16.9. The molecule has 115 heavy (non-hydrogen) atoms.